The number of nitriles is 1. The van der Waals surface area contributed by atoms with Gasteiger partial charge < -0.3 is 14.0 Å². The largest absolute Gasteiger partial charge is 0.488 e. The number of hydrogen-bond donors (Lipinski definition) is 0. The first kappa shape index (κ1) is 22.4. The van der Waals surface area contributed by atoms with E-state index >= 15 is 0 Å². The number of pyridine rings is 1. The Kier molecular flexibility index (Phi) is 7.34. The van der Waals surface area contributed by atoms with E-state index in [0.717, 1.165) is 16.1 Å². The van der Waals surface area contributed by atoms with Gasteiger partial charge in [0.15, 0.2) is 5.78 Å². The number of hydrogen-bond acceptors (Lipinski definition) is 5. The molecular weight excluding hydrogens is 467 g/mol. The number of carbonyl (C=O) groups is 1. The minimum absolute atomic E-state index is 0.00191. The van der Waals surface area contributed by atoms with Crippen LogP contribution in [-0.2, 0) is 17.9 Å². The molecule has 0 unspecified atom stereocenters. The summed E-state index contributed by atoms with van der Waals surface area (Å²) >= 11 is 3.36. The van der Waals surface area contributed by atoms with Gasteiger partial charge in [-0.2, -0.15) is 5.26 Å². The van der Waals surface area contributed by atoms with Crippen molar-refractivity contribution in [2.45, 2.75) is 13.2 Å². The fourth-order valence-corrected chi connectivity index (χ4v) is 3.16. The van der Waals surface area contributed by atoms with Gasteiger partial charge in [0.05, 0.1) is 12.2 Å². The lowest BCUT2D eigenvalue weighted by atomic mass is 10.0. The third kappa shape index (κ3) is 5.45. The van der Waals surface area contributed by atoms with Gasteiger partial charge in [-0.3, -0.25) is 9.59 Å². The van der Waals surface area contributed by atoms with Crippen molar-refractivity contribution < 1.29 is 18.7 Å². The first-order chi connectivity index (χ1) is 14.9. The molecule has 3 aromatic rings. The molecule has 0 bridgehead atoms. The van der Waals surface area contributed by atoms with E-state index in [2.05, 4.69) is 15.9 Å². The number of nitrogens with zero attached hydrogens (tertiary/aromatic N) is 2. The van der Waals surface area contributed by atoms with E-state index in [0.29, 0.717) is 0 Å². The molecule has 0 fully saturated rings. The first-order valence-corrected chi connectivity index (χ1v) is 10.1. The summed E-state index contributed by atoms with van der Waals surface area (Å²) in [6.07, 6.45) is 1.34. The molecule has 0 N–H and O–H groups in total. The predicted molar refractivity (Wildman–Crippen MR) is 116 cm³/mol. The molecule has 6 nitrogen and oxygen atoms in total. The van der Waals surface area contributed by atoms with Crippen LogP contribution in [0, 0.1) is 17.1 Å². The Labute approximate surface area is 186 Å². The van der Waals surface area contributed by atoms with Crippen molar-refractivity contribution in [1.29, 1.82) is 5.26 Å². The highest BCUT2D eigenvalue weighted by Crippen LogP contribution is 2.24. The molecule has 1 heterocycles. The summed E-state index contributed by atoms with van der Waals surface area (Å²) in [7, 11) is 1.48. The van der Waals surface area contributed by atoms with Crippen LogP contribution in [0.15, 0.2) is 64.0 Å². The van der Waals surface area contributed by atoms with Gasteiger partial charge in [-0.25, -0.2) is 4.39 Å². The SMILES string of the molecule is COCCn1cc(C(=O)c2cc(F)ccc2OCc2ccc(Br)cc2)cc(C#N)c1=O. The molecule has 0 atom stereocenters. The Balaban J connectivity index is 1.95. The van der Waals surface area contributed by atoms with Gasteiger partial charge >= 0.3 is 0 Å². The third-order valence-corrected chi connectivity index (χ3v) is 5.03. The van der Waals surface area contributed by atoms with Crippen LogP contribution >= 0.6 is 15.9 Å². The zero-order valence-electron chi connectivity index (χ0n) is 16.6. The molecule has 1 aromatic heterocycles. The van der Waals surface area contributed by atoms with Crippen molar-refractivity contribution in [1.82, 2.24) is 4.57 Å². The van der Waals surface area contributed by atoms with Crippen molar-refractivity contribution in [3.8, 4) is 11.8 Å². The van der Waals surface area contributed by atoms with Crippen molar-refractivity contribution in [2.75, 3.05) is 13.7 Å². The Morgan fingerprint density at radius 2 is 1.94 bits per heavy atom. The summed E-state index contributed by atoms with van der Waals surface area (Å²) in [5.41, 5.74) is 0.229. The maximum atomic E-state index is 13.9. The van der Waals surface area contributed by atoms with Gasteiger partial charge in [0.1, 0.15) is 29.8 Å². The van der Waals surface area contributed by atoms with E-state index in [4.69, 9.17) is 9.47 Å². The number of aromatic nitrogens is 1. The average molecular weight is 485 g/mol. The van der Waals surface area contributed by atoms with Crippen molar-refractivity contribution in [3.05, 3.63) is 97.6 Å². The highest BCUT2D eigenvalue weighted by molar-refractivity contribution is 9.10. The van der Waals surface area contributed by atoms with E-state index in [1.165, 1.54) is 36.1 Å². The zero-order chi connectivity index (χ0) is 22.4. The second-order valence-corrected chi connectivity index (χ2v) is 7.55. The molecule has 0 aliphatic carbocycles. The molecule has 0 amide bonds. The zero-order valence-corrected chi connectivity index (χ0v) is 18.2. The number of ether oxygens (including phenoxy) is 2. The number of halogens is 2. The van der Waals surface area contributed by atoms with Crippen LogP contribution in [0.2, 0.25) is 0 Å². The summed E-state index contributed by atoms with van der Waals surface area (Å²) in [4.78, 5) is 25.5. The lowest BCUT2D eigenvalue weighted by molar-refractivity contribution is 0.103. The van der Waals surface area contributed by atoms with Crippen molar-refractivity contribution in [2.24, 2.45) is 0 Å². The Bertz CT molecular complexity index is 1200. The summed E-state index contributed by atoms with van der Waals surface area (Å²) in [6, 6.07) is 14.1. The lowest BCUT2D eigenvalue weighted by Crippen LogP contribution is -2.25. The number of ketones is 1. The number of carbonyl (C=O) groups excluding carboxylic acids is 1. The van der Waals surface area contributed by atoms with E-state index in [9.17, 15) is 19.2 Å². The lowest BCUT2D eigenvalue weighted by Gasteiger charge is -2.13. The molecule has 0 radical (unpaired) electrons. The van der Waals surface area contributed by atoms with Gasteiger partial charge in [-0.05, 0) is 42.0 Å². The van der Waals surface area contributed by atoms with Gasteiger partial charge in [0.2, 0.25) is 0 Å². The molecular formula is C23H18BrFN2O4. The van der Waals surface area contributed by atoms with Crippen LogP contribution in [0.25, 0.3) is 0 Å². The molecule has 0 saturated carbocycles. The number of benzene rings is 2. The van der Waals surface area contributed by atoms with Crippen LogP contribution in [-0.4, -0.2) is 24.1 Å². The highest BCUT2D eigenvalue weighted by atomic mass is 79.9. The van der Waals surface area contributed by atoms with E-state index < -0.39 is 17.2 Å². The van der Waals surface area contributed by atoms with Crippen LogP contribution in [0.4, 0.5) is 4.39 Å². The smallest absolute Gasteiger partial charge is 0.268 e. The fourth-order valence-electron chi connectivity index (χ4n) is 2.90. The minimum Gasteiger partial charge on any atom is -0.488 e. The Morgan fingerprint density at radius 3 is 2.61 bits per heavy atom. The van der Waals surface area contributed by atoms with Crippen LogP contribution in [0.3, 0.4) is 0 Å². The summed E-state index contributed by atoms with van der Waals surface area (Å²) in [6.45, 7) is 0.571. The Hall–Kier alpha value is -3.28. The van der Waals surface area contributed by atoms with Crippen LogP contribution < -0.4 is 10.3 Å². The van der Waals surface area contributed by atoms with Crippen LogP contribution in [0.5, 0.6) is 5.75 Å². The second-order valence-electron chi connectivity index (χ2n) is 6.63. The molecule has 0 aliphatic rings. The molecule has 3 rings (SSSR count). The summed E-state index contributed by atoms with van der Waals surface area (Å²) in [5, 5.41) is 9.28. The molecule has 31 heavy (non-hydrogen) atoms. The van der Waals surface area contributed by atoms with E-state index in [1.807, 2.05) is 24.3 Å². The molecule has 0 aliphatic heterocycles. The molecule has 2 aromatic carbocycles. The molecule has 158 valence electrons. The number of methoxy groups -OCH3 is 1. The van der Waals surface area contributed by atoms with Crippen molar-refractivity contribution in [3.63, 3.8) is 0 Å². The van der Waals surface area contributed by atoms with Crippen LogP contribution in [0.1, 0.15) is 27.0 Å². The highest BCUT2D eigenvalue weighted by Gasteiger charge is 2.19. The average Bonchev–Trinajstić information content (AvgIpc) is 2.78. The molecule has 0 spiro atoms. The fraction of sp³-hybridized carbons (Fsp3) is 0.174. The predicted octanol–water partition coefficient (Wildman–Crippen LogP) is 4.08. The maximum absolute atomic E-state index is 13.9. The minimum atomic E-state index is -0.604. The monoisotopic (exact) mass is 484 g/mol. The topological polar surface area (TPSA) is 81.3 Å². The molecule has 8 heteroatoms. The molecule has 0 saturated heterocycles. The van der Waals surface area contributed by atoms with E-state index in [1.54, 1.807) is 6.07 Å². The summed E-state index contributed by atoms with van der Waals surface area (Å²) in [5.74, 6) is -0.969. The third-order valence-electron chi connectivity index (χ3n) is 4.50. The van der Waals surface area contributed by atoms with E-state index in [-0.39, 0.29) is 42.2 Å². The van der Waals surface area contributed by atoms with Gasteiger partial charge in [-0.1, -0.05) is 28.1 Å². The number of rotatable bonds is 8. The standard InChI is InChI=1S/C23H18BrFN2O4/c1-30-9-8-27-13-17(10-16(12-26)23(27)29)22(28)20-11-19(25)6-7-21(20)31-14-15-2-4-18(24)5-3-15/h2-7,10-11,13H,8-9,14H2,1H3. The summed E-state index contributed by atoms with van der Waals surface area (Å²) < 4.78 is 26.9. The Morgan fingerprint density at radius 1 is 1.19 bits per heavy atom. The van der Waals surface area contributed by atoms with Gasteiger partial charge in [0.25, 0.3) is 5.56 Å². The maximum Gasteiger partial charge on any atom is 0.268 e. The first-order valence-electron chi connectivity index (χ1n) is 9.28. The van der Waals surface area contributed by atoms with Crippen molar-refractivity contribution >= 4 is 21.7 Å². The van der Waals surface area contributed by atoms with Gasteiger partial charge in [-0.15, -0.1) is 0 Å². The quantitative estimate of drug-likeness (QED) is 0.450. The second kappa shape index (κ2) is 10.2. The normalized spacial score (nSPS) is 10.5. The van der Waals surface area contributed by atoms with Gasteiger partial charge in [0, 0.05) is 29.9 Å².